The van der Waals surface area contributed by atoms with Crippen molar-refractivity contribution in [2.45, 2.75) is 6.42 Å². The minimum atomic E-state index is 0. The van der Waals surface area contributed by atoms with Gasteiger partial charge in [0.1, 0.15) is 0 Å². The van der Waals surface area contributed by atoms with Crippen molar-refractivity contribution in [3.05, 3.63) is 31.7 Å². The predicted molar refractivity (Wildman–Crippen MR) is 42.5 cm³/mol. The number of rotatable bonds is 0. The Balaban J connectivity index is -0.0000000312. The van der Waals surface area contributed by atoms with Crippen LogP contribution in [0.4, 0.5) is 0 Å². The molecular weight excluding hydrogens is 234 g/mol. The second-order valence-corrected chi connectivity index (χ2v) is 1.00. The van der Waals surface area contributed by atoms with Crippen LogP contribution in [0.25, 0.3) is 0 Å². The molecule has 52 valence electrons. The predicted octanol–water partition coefficient (Wildman–Crippen LogP) is 2.60. The Bertz CT molecular complexity index is 69.1. The monoisotopic (exact) mass is 242 g/mol. The zero-order valence-electron chi connectivity index (χ0n) is 5.26. The molecule has 0 aromatic heterocycles. The smallest absolute Gasteiger partial charge is 0.358 e. The van der Waals surface area contributed by atoms with Crippen LogP contribution in [-0.2, 0) is 26.2 Å². The first kappa shape index (κ1) is 22.5. The Morgan fingerprint density at radius 2 is 1.78 bits per heavy atom. The van der Waals surface area contributed by atoms with Gasteiger partial charge in [-0.1, -0.05) is 0 Å². The second kappa shape index (κ2) is 16.0. The Morgan fingerprint density at radius 1 is 1.22 bits per heavy atom. The molecule has 0 amide bonds. The summed E-state index contributed by atoms with van der Waals surface area (Å²) >= 11 is 0. The van der Waals surface area contributed by atoms with E-state index in [1.165, 1.54) is 0 Å². The third-order valence-corrected chi connectivity index (χ3v) is 0.586. The zero-order chi connectivity index (χ0) is 3.54. The van der Waals surface area contributed by atoms with Crippen molar-refractivity contribution < 1.29 is 26.2 Å². The van der Waals surface area contributed by atoms with E-state index in [1.807, 2.05) is 12.2 Å². The van der Waals surface area contributed by atoms with Crippen LogP contribution in [0.15, 0.2) is 18.2 Å². The van der Waals surface area contributed by atoms with Crippen LogP contribution in [0, 0.1) is 13.5 Å². The molecule has 1 aliphatic carbocycles. The van der Waals surface area contributed by atoms with Crippen LogP contribution >= 0.6 is 24.8 Å². The third-order valence-electron chi connectivity index (χ3n) is 0.586. The molecule has 0 N–H and O–H groups in total. The molecule has 3 heteroatoms. The van der Waals surface area contributed by atoms with Crippen molar-refractivity contribution in [1.29, 1.82) is 0 Å². The maximum absolute atomic E-state index is 2.99. The van der Waals surface area contributed by atoms with Gasteiger partial charge in [0.2, 0.25) is 0 Å². The van der Waals surface area contributed by atoms with Gasteiger partial charge in [0.25, 0.3) is 0 Å². The number of hydrogen-bond donors (Lipinski definition) is 0. The van der Waals surface area contributed by atoms with Gasteiger partial charge in [0.05, 0.1) is 0 Å². The number of halogens is 2. The van der Waals surface area contributed by atoms with Crippen molar-refractivity contribution in [1.82, 2.24) is 0 Å². The van der Waals surface area contributed by atoms with Crippen LogP contribution in [0.2, 0.25) is 0 Å². The van der Waals surface area contributed by atoms with Crippen molar-refractivity contribution in [3.63, 3.8) is 0 Å². The summed E-state index contributed by atoms with van der Waals surface area (Å²) < 4.78 is 0. The molecule has 1 aliphatic rings. The van der Waals surface area contributed by atoms with Crippen LogP contribution in [-0.4, -0.2) is 0 Å². The summed E-state index contributed by atoms with van der Waals surface area (Å²) in [6.45, 7) is 0. The summed E-state index contributed by atoms with van der Waals surface area (Å²) in [5, 5.41) is 0. The van der Waals surface area contributed by atoms with Gasteiger partial charge in [-0.05, 0) is 0 Å². The van der Waals surface area contributed by atoms with Crippen LogP contribution in [0.1, 0.15) is 6.42 Å². The molecule has 0 bridgehead atoms. The van der Waals surface area contributed by atoms with Crippen LogP contribution < -0.4 is 0 Å². The molecule has 0 radical (unpaired) electrons. The molecule has 0 spiro atoms. The van der Waals surface area contributed by atoms with Crippen molar-refractivity contribution >= 4 is 24.8 Å². The molecule has 0 aromatic rings. The first-order valence-corrected chi connectivity index (χ1v) is 1.72. The summed E-state index contributed by atoms with van der Waals surface area (Å²) in [5.74, 6) is 0. The van der Waals surface area contributed by atoms with E-state index in [4.69, 9.17) is 0 Å². The Morgan fingerprint density at radius 3 is 1.89 bits per heavy atom. The van der Waals surface area contributed by atoms with Crippen LogP contribution in [0.5, 0.6) is 0 Å². The van der Waals surface area contributed by atoms with E-state index in [-0.39, 0.29) is 58.4 Å². The summed E-state index contributed by atoms with van der Waals surface area (Å²) in [7, 11) is 0. The van der Waals surface area contributed by atoms with E-state index in [0.29, 0.717) is 0 Å². The topological polar surface area (TPSA) is 0 Å². The van der Waals surface area contributed by atoms with Gasteiger partial charge in [0, 0.05) is 0 Å². The van der Waals surface area contributed by atoms with E-state index < -0.39 is 0 Å². The van der Waals surface area contributed by atoms with Crippen molar-refractivity contribution in [2.75, 3.05) is 0 Å². The second-order valence-electron chi connectivity index (χ2n) is 1.00. The minimum Gasteiger partial charge on any atom is -0.358 e. The van der Waals surface area contributed by atoms with Crippen molar-refractivity contribution in [3.8, 4) is 0 Å². The van der Waals surface area contributed by atoms with Crippen LogP contribution in [0.3, 0.4) is 0 Å². The quantitative estimate of drug-likeness (QED) is 0.575. The van der Waals surface area contributed by atoms with E-state index in [2.05, 4.69) is 12.2 Å². The number of hydrogen-bond acceptors (Lipinski definition) is 0. The molecule has 0 saturated carbocycles. The standard InChI is InChI=1S/C5H5.CH3.2ClH.Zr/c1-2-4-5-3-1;;;;/h1-3H,4H2;1H3;2*1H;/q2*-1;;;+2. The average Bonchev–Trinajstić information content (AvgIpc) is 1.76. The van der Waals surface area contributed by atoms with Gasteiger partial charge < -0.3 is 7.43 Å². The van der Waals surface area contributed by atoms with Crippen molar-refractivity contribution in [2.24, 2.45) is 0 Å². The maximum atomic E-state index is 2.99. The molecule has 0 fully saturated rings. The summed E-state index contributed by atoms with van der Waals surface area (Å²) in [5.41, 5.74) is 0. The summed E-state index contributed by atoms with van der Waals surface area (Å²) in [6, 6.07) is 0. The molecule has 0 saturated heterocycles. The van der Waals surface area contributed by atoms with Gasteiger partial charge in [-0.25, -0.2) is 12.2 Å². The minimum absolute atomic E-state index is 0. The number of allylic oxidation sites excluding steroid dienone is 4. The molecule has 9 heavy (non-hydrogen) atoms. The molecule has 0 aliphatic heterocycles. The van der Waals surface area contributed by atoms with Gasteiger partial charge in [0.15, 0.2) is 0 Å². The van der Waals surface area contributed by atoms with Gasteiger partial charge in [-0.2, -0.15) is 6.08 Å². The van der Waals surface area contributed by atoms with Gasteiger partial charge in [-0.3, -0.25) is 6.08 Å². The SMILES string of the molecule is Cl.Cl.[C-]1=CC=CC1.[CH3-].[Zr+2]. The zero-order valence-corrected chi connectivity index (χ0v) is 9.35. The fourth-order valence-electron chi connectivity index (χ4n) is 0.340. The molecule has 0 unspecified atom stereocenters. The normalized spacial score (nSPS) is 9.78. The Labute approximate surface area is 88.7 Å². The first-order chi connectivity index (χ1) is 2.50. The Kier molecular flexibility index (Phi) is 40.0. The van der Waals surface area contributed by atoms with E-state index >= 15 is 0 Å². The van der Waals surface area contributed by atoms with E-state index in [1.54, 1.807) is 0 Å². The largest absolute Gasteiger partial charge is 2.00 e. The van der Waals surface area contributed by atoms with E-state index in [9.17, 15) is 0 Å². The van der Waals surface area contributed by atoms with E-state index in [0.717, 1.165) is 6.42 Å². The maximum Gasteiger partial charge on any atom is 2.00 e. The fourth-order valence-corrected chi connectivity index (χ4v) is 0.340. The first-order valence-electron chi connectivity index (χ1n) is 1.72. The molecule has 1 rings (SSSR count). The molecule has 0 atom stereocenters. The fraction of sp³-hybridized carbons (Fsp3) is 0.167. The molecule has 0 heterocycles. The Hall–Kier alpha value is 0.943. The molecular formula is C6H10Cl2Zr. The molecule has 0 aromatic carbocycles. The van der Waals surface area contributed by atoms with Gasteiger partial charge >= 0.3 is 26.2 Å². The average molecular weight is 244 g/mol. The third kappa shape index (κ3) is 12.2. The van der Waals surface area contributed by atoms with Gasteiger partial charge in [-0.15, -0.1) is 31.2 Å². The summed E-state index contributed by atoms with van der Waals surface area (Å²) in [4.78, 5) is 0. The summed E-state index contributed by atoms with van der Waals surface area (Å²) in [6.07, 6.45) is 10.0. The molecule has 0 nitrogen and oxygen atoms in total.